The molecule has 4 nitrogen and oxygen atoms in total. The van der Waals surface area contributed by atoms with Crippen molar-refractivity contribution in [3.8, 4) is 5.88 Å². The van der Waals surface area contributed by atoms with Crippen molar-refractivity contribution in [2.24, 2.45) is 0 Å². The van der Waals surface area contributed by atoms with Gasteiger partial charge in [-0.3, -0.25) is 4.79 Å². The Bertz CT molecular complexity index is 381. The molecule has 1 N–H and O–H groups in total. The minimum absolute atomic E-state index is 0.0305. The predicted octanol–water partition coefficient (Wildman–Crippen LogP) is 2.54. The molecule has 1 aliphatic rings. The van der Waals surface area contributed by atoms with Crippen LogP contribution in [0.25, 0.3) is 0 Å². The van der Waals surface area contributed by atoms with E-state index in [9.17, 15) is 4.79 Å². The van der Waals surface area contributed by atoms with Crippen molar-refractivity contribution in [2.75, 3.05) is 7.11 Å². The fourth-order valence-corrected chi connectivity index (χ4v) is 2.33. The minimum atomic E-state index is -0.0305. The van der Waals surface area contributed by atoms with Crippen molar-refractivity contribution < 1.29 is 9.53 Å². The van der Waals surface area contributed by atoms with E-state index >= 15 is 0 Å². The number of nitrogens with one attached hydrogen (secondary N) is 1. The van der Waals surface area contributed by atoms with Crippen molar-refractivity contribution >= 4 is 5.91 Å². The van der Waals surface area contributed by atoms with Crippen LogP contribution in [0.15, 0.2) is 18.3 Å². The summed E-state index contributed by atoms with van der Waals surface area (Å²) < 4.78 is 4.97. The monoisotopic (exact) mass is 248 g/mol. The van der Waals surface area contributed by atoms with Gasteiger partial charge in [0.1, 0.15) is 0 Å². The SMILES string of the molecule is COc1ccc(C(=O)NC2CCCCCC2)cn1. The molecule has 1 aliphatic carbocycles. The van der Waals surface area contributed by atoms with E-state index < -0.39 is 0 Å². The summed E-state index contributed by atoms with van der Waals surface area (Å²) in [6, 6.07) is 3.78. The van der Waals surface area contributed by atoms with Crippen LogP contribution < -0.4 is 10.1 Å². The van der Waals surface area contributed by atoms with Gasteiger partial charge >= 0.3 is 0 Å². The second-order valence-electron chi connectivity index (χ2n) is 4.75. The molecule has 1 heterocycles. The molecule has 0 atom stereocenters. The molecule has 1 amide bonds. The average molecular weight is 248 g/mol. The van der Waals surface area contributed by atoms with Crippen molar-refractivity contribution in [3.63, 3.8) is 0 Å². The van der Waals surface area contributed by atoms with Crippen LogP contribution in [0.3, 0.4) is 0 Å². The van der Waals surface area contributed by atoms with Crippen molar-refractivity contribution in [1.29, 1.82) is 0 Å². The van der Waals surface area contributed by atoms with Crippen LogP contribution >= 0.6 is 0 Å². The molecule has 2 rings (SSSR count). The average Bonchev–Trinajstić information content (AvgIpc) is 2.67. The first-order chi connectivity index (χ1) is 8.79. The number of hydrogen-bond donors (Lipinski definition) is 1. The molecule has 1 aromatic heterocycles. The first-order valence-corrected chi connectivity index (χ1v) is 6.60. The maximum atomic E-state index is 12.0. The summed E-state index contributed by atoms with van der Waals surface area (Å²) in [6.45, 7) is 0. The first-order valence-electron chi connectivity index (χ1n) is 6.60. The second kappa shape index (κ2) is 6.38. The Morgan fingerprint density at radius 3 is 2.56 bits per heavy atom. The summed E-state index contributed by atoms with van der Waals surface area (Å²) in [5.74, 6) is 0.498. The highest BCUT2D eigenvalue weighted by Gasteiger charge is 2.15. The predicted molar refractivity (Wildman–Crippen MR) is 69.7 cm³/mol. The number of hydrogen-bond acceptors (Lipinski definition) is 3. The molecule has 0 saturated heterocycles. The second-order valence-corrected chi connectivity index (χ2v) is 4.75. The Hall–Kier alpha value is -1.58. The maximum Gasteiger partial charge on any atom is 0.253 e. The van der Waals surface area contributed by atoms with Gasteiger partial charge in [0.25, 0.3) is 5.91 Å². The summed E-state index contributed by atoms with van der Waals surface area (Å²) in [4.78, 5) is 16.1. The van der Waals surface area contributed by atoms with Crippen LogP contribution in [0.5, 0.6) is 5.88 Å². The highest BCUT2D eigenvalue weighted by Crippen LogP contribution is 2.17. The lowest BCUT2D eigenvalue weighted by atomic mass is 10.1. The third kappa shape index (κ3) is 3.45. The number of carbonyl (C=O) groups excluding carboxylic acids is 1. The molecule has 4 heteroatoms. The van der Waals surface area contributed by atoms with Gasteiger partial charge in [-0.2, -0.15) is 0 Å². The van der Waals surface area contributed by atoms with Crippen LogP contribution in [0.1, 0.15) is 48.9 Å². The van der Waals surface area contributed by atoms with Crippen LogP contribution in [-0.2, 0) is 0 Å². The van der Waals surface area contributed by atoms with E-state index in [1.54, 1.807) is 25.4 Å². The zero-order valence-electron chi connectivity index (χ0n) is 10.8. The molecule has 1 saturated carbocycles. The van der Waals surface area contributed by atoms with Crippen LogP contribution in [0.4, 0.5) is 0 Å². The van der Waals surface area contributed by atoms with Gasteiger partial charge in [0.15, 0.2) is 0 Å². The van der Waals surface area contributed by atoms with E-state index in [-0.39, 0.29) is 5.91 Å². The zero-order chi connectivity index (χ0) is 12.8. The molecule has 0 radical (unpaired) electrons. The van der Waals surface area contributed by atoms with Gasteiger partial charge in [0.05, 0.1) is 12.7 Å². The Balaban J connectivity index is 1.93. The van der Waals surface area contributed by atoms with Gasteiger partial charge < -0.3 is 10.1 Å². The molecular weight excluding hydrogens is 228 g/mol. The van der Waals surface area contributed by atoms with Crippen LogP contribution in [0, 0.1) is 0 Å². The van der Waals surface area contributed by atoms with E-state index in [4.69, 9.17) is 4.74 Å². The smallest absolute Gasteiger partial charge is 0.253 e. The minimum Gasteiger partial charge on any atom is -0.481 e. The molecular formula is C14H20N2O2. The third-order valence-corrected chi connectivity index (χ3v) is 3.40. The van der Waals surface area contributed by atoms with E-state index in [1.165, 1.54) is 25.7 Å². The molecule has 0 spiro atoms. The molecule has 18 heavy (non-hydrogen) atoms. The third-order valence-electron chi connectivity index (χ3n) is 3.40. The number of methoxy groups -OCH3 is 1. The number of ether oxygens (including phenoxy) is 1. The van der Waals surface area contributed by atoms with E-state index in [0.29, 0.717) is 17.5 Å². The number of amides is 1. The first kappa shape index (κ1) is 12.9. The zero-order valence-corrected chi connectivity index (χ0v) is 10.8. The number of aromatic nitrogens is 1. The van der Waals surface area contributed by atoms with E-state index in [2.05, 4.69) is 10.3 Å². The number of rotatable bonds is 3. The lowest BCUT2D eigenvalue weighted by Gasteiger charge is -2.16. The molecule has 0 aliphatic heterocycles. The highest BCUT2D eigenvalue weighted by atomic mass is 16.5. The van der Waals surface area contributed by atoms with Crippen molar-refractivity contribution in [3.05, 3.63) is 23.9 Å². The molecule has 1 fully saturated rings. The summed E-state index contributed by atoms with van der Waals surface area (Å²) >= 11 is 0. The van der Waals surface area contributed by atoms with Gasteiger partial charge in [-0.25, -0.2) is 4.98 Å². The lowest BCUT2D eigenvalue weighted by Crippen LogP contribution is -2.34. The molecule has 0 aromatic carbocycles. The highest BCUT2D eigenvalue weighted by molar-refractivity contribution is 5.94. The fourth-order valence-electron chi connectivity index (χ4n) is 2.33. The van der Waals surface area contributed by atoms with Gasteiger partial charge in [-0.1, -0.05) is 25.7 Å². The number of nitrogens with zero attached hydrogens (tertiary/aromatic N) is 1. The van der Waals surface area contributed by atoms with Gasteiger partial charge in [-0.15, -0.1) is 0 Å². The topological polar surface area (TPSA) is 51.2 Å². The molecule has 1 aromatic rings. The number of carbonyl (C=O) groups is 1. The molecule has 0 bridgehead atoms. The summed E-state index contributed by atoms with van der Waals surface area (Å²) in [6.07, 6.45) is 8.75. The lowest BCUT2D eigenvalue weighted by molar-refractivity contribution is 0.0933. The van der Waals surface area contributed by atoms with Gasteiger partial charge in [-0.05, 0) is 18.9 Å². The van der Waals surface area contributed by atoms with Crippen LogP contribution in [0.2, 0.25) is 0 Å². The van der Waals surface area contributed by atoms with E-state index in [1.807, 2.05) is 0 Å². The van der Waals surface area contributed by atoms with E-state index in [0.717, 1.165) is 12.8 Å². The Morgan fingerprint density at radius 2 is 2.00 bits per heavy atom. The summed E-state index contributed by atoms with van der Waals surface area (Å²) in [5, 5.41) is 3.09. The Labute approximate surface area is 108 Å². The summed E-state index contributed by atoms with van der Waals surface area (Å²) in [7, 11) is 1.56. The molecule has 98 valence electrons. The largest absolute Gasteiger partial charge is 0.481 e. The normalized spacial score (nSPS) is 16.9. The Kier molecular flexibility index (Phi) is 4.56. The number of pyridine rings is 1. The Morgan fingerprint density at radius 1 is 1.28 bits per heavy atom. The summed E-state index contributed by atoms with van der Waals surface area (Å²) in [5.41, 5.74) is 0.597. The van der Waals surface area contributed by atoms with Crippen molar-refractivity contribution in [1.82, 2.24) is 10.3 Å². The maximum absolute atomic E-state index is 12.0. The van der Waals surface area contributed by atoms with Crippen LogP contribution in [-0.4, -0.2) is 24.0 Å². The fraction of sp³-hybridized carbons (Fsp3) is 0.571. The van der Waals surface area contributed by atoms with Gasteiger partial charge in [0.2, 0.25) is 5.88 Å². The van der Waals surface area contributed by atoms with Crippen molar-refractivity contribution in [2.45, 2.75) is 44.6 Å². The quantitative estimate of drug-likeness (QED) is 0.836. The van der Waals surface area contributed by atoms with Gasteiger partial charge in [0, 0.05) is 18.3 Å². The molecule has 0 unspecified atom stereocenters. The standard InChI is InChI=1S/C14H20N2O2/c1-18-13-9-8-11(10-15-13)14(17)16-12-6-4-2-3-5-7-12/h8-10,12H,2-7H2,1H3,(H,16,17).